The highest BCUT2D eigenvalue weighted by Crippen LogP contribution is 2.28. The Hall–Kier alpha value is -1.92. The van der Waals surface area contributed by atoms with Crippen molar-refractivity contribution in [2.45, 2.75) is 19.1 Å². The summed E-state index contributed by atoms with van der Waals surface area (Å²) in [5.41, 5.74) is 1.34. The van der Waals surface area contributed by atoms with Gasteiger partial charge in [0.15, 0.2) is 0 Å². The second-order valence-electron chi connectivity index (χ2n) is 6.39. The highest BCUT2D eigenvalue weighted by atomic mass is 19.4. The van der Waals surface area contributed by atoms with Crippen LogP contribution in [0.4, 0.5) is 13.2 Å². The van der Waals surface area contributed by atoms with Crippen LogP contribution in [0.3, 0.4) is 0 Å². The maximum Gasteiger partial charge on any atom is 0.417 e. The predicted octanol–water partition coefficient (Wildman–Crippen LogP) is 3.46. The number of hydrogen-bond donors (Lipinski definition) is 0. The van der Waals surface area contributed by atoms with Crippen molar-refractivity contribution in [2.24, 2.45) is 0 Å². The Morgan fingerprint density at radius 2 is 1.56 bits per heavy atom. The van der Waals surface area contributed by atoms with E-state index in [9.17, 15) is 13.2 Å². The number of halogens is 3. The number of nitrogens with zero attached hydrogens (tertiary/aromatic N) is 3. The Morgan fingerprint density at radius 1 is 0.880 bits per heavy atom. The average Bonchev–Trinajstić information content (AvgIpc) is 2.62. The fourth-order valence-corrected chi connectivity index (χ4v) is 3.02. The topological polar surface area (TPSA) is 19.4 Å². The van der Waals surface area contributed by atoms with E-state index in [1.807, 2.05) is 6.07 Å². The largest absolute Gasteiger partial charge is 0.417 e. The first-order valence-electron chi connectivity index (χ1n) is 8.51. The second kappa shape index (κ2) is 7.97. The lowest BCUT2D eigenvalue weighted by Gasteiger charge is -2.34. The summed E-state index contributed by atoms with van der Waals surface area (Å²) in [6.45, 7) is 5.43. The molecule has 0 aliphatic carbocycles. The summed E-state index contributed by atoms with van der Waals surface area (Å²) in [5.74, 6) is 0. The van der Waals surface area contributed by atoms with Gasteiger partial charge in [0.1, 0.15) is 0 Å². The molecule has 0 saturated carbocycles. The number of hydrogen-bond acceptors (Lipinski definition) is 3. The molecule has 1 fully saturated rings. The van der Waals surface area contributed by atoms with Gasteiger partial charge in [0.2, 0.25) is 0 Å². The fraction of sp³-hybridized carbons (Fsp3) is 0.421. The fourth-order valence-electron chi connectivity index (χ4n) is 3.02. The highest BCUT2D eigenvalue weighted by molar-refractivity contribution is 5.17. The molecule has 1 aromatic heterocycles. The normalized spacial score (nSPS) is 16.9. The predicted molar refractivity (Wildman–Crippen MR) is 91.1 cm³/mol. The highest BCUT2D eigenvalue weighted by Gasteiger charge is 2.30. The van der Waals surface area contributed by atoms with Crippen LogP contribution in [0.15, 0.2) is 48.7 Å². The molecule has 0 unspecified atom stereocenters. The minimum atomic E-state index is -4.32. The van der Waals surface area contributed by atoms with Gasteiger partial charge in [0, 0.05) is 45.5 Å². The Bertz CT molecular complexity index is 648. The molecule has 134 valence electrons. The van der Waals surface area contributed by atoms with Crippen LogP contribution in [-0.4, -0.2) is 47.5 Å². The van der Waals surface area contributed by atoms with Crippen molar-refractivity contribution in [1.29, 1.82) is 0 Å². The molecule has 1 saturated heterocycles. The first-order chi connectivity index (χ1) is 12.0. The molecule has 0 amide bonds. The minimum Gasteiger partial charge on any atom is -0.300 e. The maximum atomic E-state index is 12.6. The van der Waals surface area contributed by atoms with Crippen LogP contribution in [0.25, 0.3) is 0 Å². The van der Waals surface area contributed by atoms with Gasteiger partial charge < -0.3 is 4.90 Å². The van der Waals surface area contributed by atoms with E-state index in [2.05, 4.69) is 39.0 Å². The Morgan fingerprint density at radius 3 is 2.16 bits per heavy atom. The molecule has 25 heavy (non-hydrogen) atoms. The van der Waals surface area contributed by atoms with Gasteiger partial charge >= 0.3 is 6.18 Å². The summed E-state index contributed by atoms with van der Waals surface area (Å²) in [6, 6.07) is 13.0. The molecule has 0 atom stereocenters. The Kier molecular flexibility index (Phi) is 5.71. The first kappa shape index (κ1) is 17.9. The van der Waals surface area contributed by atoms with E-state index in [1.54, 1.807) is 0 Å². The van der Waals surface area contributed by atoms with Gasteiger partial charge in [0.25, 0.3) is 0 Å². The molecule has 0 radical (unpaired) electrons. The number of rotatable bonds is 5. The molecule has 2 aromatic rings. The summed E-state index contributed by atoms with van der Waals surface area (Å²) in [6.07, 6.45) is -2.36. The molecular formula is C19H22F3N3. The van der Waals surface area contributed by atoms with E-state index < -0.39 is 11.7 Å². The van der Waals surface area contributed by atoms with Crippen molar-refractivity contribution in [2.75, 3.05) is 32.7 Å². The standard InChI is InChI=1S/C19H22F3N3/c20-19(21,22)17-6-7-18(23-14-17)15-25-12-10-24(11-13-25)9-8-16-4-2-1-3-5-16/h1-7,14H,8-13,15H2. The zero-order valence-corrected chi connectivity index (χ0v) is 14.0. The molecule has 1 aliphatic heterocycles. The molecular weight excluding hydrogens is 327 g/mol. The quantitative estimate of drug-likeness (QED) is 0.824. The van der Waals surface area contributed by atoms with Gasteiger partial charge in [0.05, 0.1) is 11.3 Å². The molecule has 3 rings (SSSR count). The van der Waals surface area contributed by atoms with Crippen molar-refractivity contribution in [3.05, 3.63) is 65.5 Å². The molecule has 6 heteroatoms. The Labute approximate surface area is 146 Å². The summed E-state index contributed by atoms with van der Waals surface area (Å²) < 4.78 is 37.7. The minimum absolute atomic E-state index is 0.602. The zero-order valence-electron chi connectivity index (χ0n) is 14.0. The van der Waals surface area contributed by atoms with E-state index in [4.69, 9.17) is 0 Å². The number of benzene rings is 1. The molecule has 1 aromatic carbocycles. The van der Waals surface area contributed by atoms with Gasteiger partial charge in [-0.25, -0.2) is 0 Å². The third-order valence-corrected chi connectivity index (χ3v) is 4.56. The van der Waals surface area contributed by atoms with Crippen LogP contribution in [0, 0.1) is 0 Å². The molecule has 1 aliphatic rings. The van der Waals surface area contributed by atoms with Gasteiger partial charge in [-0.05, 0) is 24.1 Å². The van der Waals surface area contributed by atoms with Gasteiger partial charge in [-0.2, -0.15) is 13.2 Å². The zero-order chi connectivity index (χ0) is 17.7. The first-order valence-corrected chi connectivity index (χ1v) is 8.51. The van der Waals surface area contributed by atoms with Gasteiger partial charge in [-0.15, -0.1) is 0 Å². The third-order valence-electron chi connectivity index (χ3n) is 4.56. The molecule has 0 bridgehead atoms. The maximum absolute atomic E-state index is 12.6. The number of alkyl halides is 3. The van der Waals surface area contributed by atoms with Crippen molar-refractivity contribution >= 4 is 0 Å². The second-order valence-corrected chi connectivity index (χ2v) is 6.39. The van der Waals surface area contributed by atoms with E-state index >= 15 is 0 Å². The lowest BCUT2D eigenvalue weighted by molar-refractivity contribution is -0.137. The van der Waals surface area contributed by atoms with Crippen LogP contribution in [0.1, 0.15) is 16.8 Å². The van der Waals surface area contributed by atoms with Crippen LogP contribution in [0.5, 0.6) is 0 Å². The molecule has 0 N–H and O–H groups in total. The van der Waals surface area contributed by atoms with Crippen LogP contribution in [-0.2, 0) is 19.1 Å². The monoisotopic (exact) mass is 349 g/mol. The van der Waals surface area contributed by atoms with E-state index in [0.29, 0.717) is 12.2 Å². The average molecular weight is 349 g/mol. The summed E-state index contributed by atoms with van der Waals surface area (Å²) in [5, 5.41) is 0. The summed E-state index contributed by atoms with van der Waals surface area (Å²) in [4.78, 5) is 8.64. The lowest BCUT2D eigenvalue weighted by Crippen LogP contribution is -2.46. The van der Waals surface area contributed by atoms with Crippen LogP contribution >= 0.6 is 0 Å². The van der Waals surface area contributed by atoms with Crippen molar-refractivity contribution in [1.82, 2.24) is 14.8 Å². The van der Waals surface area contributed by atoms with E-state index in [1.165, 1.54) is 11.6 Å². The van der Waals surface area contributed by atoms with Gasteiger partial charge in [-0.1, -0.05) is 30.3 Å². The molecule has 2 heterocycles. The summed E-state index contributed by atoms with van der Waals surface area (Å²) >= 11 is 0. The lowest BCUT2D eigenvalue weighted by atomic mass is 10.1. The molecule has 3 nitrogen and oxygen atoms in total. The van der Waals surface area contributed by atoms with Crippen LogP contribution < -0.4 is 0 Å². The number of aromatic nitrogens is 1. The van der Waals surface area contributed by atoms with Crippen molar-refractivity contribution in [3.63, 3.8) is 0 Å². The van der Waals surface area contributed by atoms with Crippen LogP contribution in [0.2, 0.25) is 0 Å². The Balaban J connectivity index is 1.43. The molecule has 0 spiro atoms. The number of pyridine rings is 1. The third kappa shape index (κ3) is 5.28. The summed E-state index contributed by atoms with van der Waals surface area (Å²) in [7, 11) is 0. The number of piperazine rings is 1. The SMILES string of the molecule is FC(F)(F)c1ccc(CN2CCN(CCc3ccccc3)CC2)nc1. The van der Waals surface area contributed by atoms with E-state index in [0.717, 1.165) is 51.4 Å². The van der Waals surface area contributed by atoms with Gasteiger partial charge in [-0.3, -0.25) is 9.88 Å². The van der Waals surface area contributed by atoms with Crippen molar-refractivity contribution in [3.8, 4) is 0 Å². The van der Waals surface area contributed by atoms with E-state index in [-0.39, 0.29) is 0 Å². The smallest absolute Gasteiger partial charge is 0.300 e. The van der Waals surface area contributed by atoms with Crippen molar-refractivity contribution < 1.29 is 13.2 Å².